The lowest BCUT2D eigenvalue weighted by Gasteiger charge is -2.33. The zero-order valence-electron chi connectivity index (χ0n) is 14.4. The number of nitro groups is 1. The first kappa shape index (κ1) is 18.5. The predicted octanol–water partition coefficient (Wildman–Crippen LogP) is 2.93. The van der Waals surface area contributed by atoms with Crippen LogP contribution in [0.3, 0.4) is 0 Å². The Kier molecular flexibility index (Phi) is 5.16. The van der Waals surface area contributed by atoms with Gasteiger partial charge in [0.2, 0.25) is 0 Å². The van der Waals surface area contributed by atoms with Gasteiger partial charge in [-0.3, -0.25) is 19.7 Å². The van der Waals surface area contributed by atoms with Crippen LogP contribution in [0.25, 0.3) is 0 Å². The molecule has 7 nitrogen and oxygen atoms in total. The second-order valence-electron chi connectivity index (χ2n) is 6.46. The summed E-state index contributed by atoms with van der Waals surface area (Å²) in [5, 5.41) is 10.9. The van der Waals surface area contributed by atoms with Gasteiger partial charge in [0.15, 0.2) is 5.78 Å². The number of halogens is 1. The number of primary amides is 1. The molecule has 0 saturated carbocycles. The number of hydrogen-bond donors (Lipinski definition) is 1. The van der Waals surface area contributed by atoms with Gasteiger partial charge in [-0.1, -0.05) is 0 Å². The third-order valence-electron chi connectivity index (χ3n) is 4.79. The fourth-order valence-electron chi connectivity index (χ4n) is 3.34. The number of nitrogens with zero attached hydrogens (tertiary/aromatic N) is 2. The van der Waals surface area contributed by atoms with E-state index in [4.69, 9.17) is 5.73 Å². The van der Waals surface area contributed by atoms with Crippen LogP contribution in [0.1, 0.15) is 33.6 Å². The molecule has 1 amide bonds. The predicted molar refractivity (Wildman–Crippen MR) is 97.3 cm³/mol. The molecular formula is C19H18FN3O4. The van der Waals surface area contributed by atoms with E-state index in [0.29, 0.717) is 37.2 Å². The fraction of sp³-hybridized carbons (Fsp3) is 0.263. The monoisotopic (exact) mass is 371 g/mol. The molecule has 1 fully saturated rings. The van der Waals surface area contributed by atoms with Crippen molar-refractivity contribution in [3.63, 3.8) is 0 Å². The molecule has 0 aromatic heterocycles. The number of nitrogens with two attached hydrogens (primary N) is 1. The van der Waals surface area contributed by atoms with E-state index in [1.54, 1.807) is 0 Å². The lowest BCUT2D eigenvalue weighted by atomic mass is 9.88. The minimum Gasteiger partial charge on any atom is -0.371 e. The molecule has 0 bridgehead atoms. The third-order valence-corrected chi connectivity index (χ3v) is 4.79. The molecule has 1 aliphatic heterocycles. The summed E-state index contributed by atoms with van der Waals surface area (Å²) < 4.78 is 13.0. The first-order valence-corrected chi connectivity index (χ1v) is 8.50. The van der Waals surface area contributed by atoms with Crippen LogP contribution in [0.5, 0.6) is 0 Å². The number of anilines is 1. The van der Waals surface area contributed by atoms with Gasteiger partial charge in [-0.2, -0.15) is 0 Å². The molecular weight excluding hydrogens is 353 g/mol. The zero-order valence-corrected chi connectivity index (χ0v) is 14.4. The Labute approximate surface area is 154 Å². The Morgan fingerprint density at radius 1 is 1.11 bits per heavy atom. The Hall–Kier alpha value is -3.29. The number of carbonyl (C=O) groups is 2. The van der Waals surface area contributed by atoms with Crippen molar-refractivity contribution in [2.45, 2.75) is 12.8 Å². The number of ketones is 1. The average Bonchev–Trinajstić information content (AvgIpc) is 2.67. The van der Waals surface area contributed by atoms with Crippen molar-refractivity contribution in [2.75, 3.05) is 18.0 Å². The van der Waals surface area contributed by atoms with Crippen LogP contribution in [-0.4, -0.2) is 29.7 Å². The molecule has 0 spiro atoms. The number of rotatable bonds is 5. The highest BCUT2D eigenvalue weighted by atomic mass is 19.1. The molecule has 2 N–H and O–H groups in total. The zero-order chi connectivity index (χ0) is 19.6. The van der Waals surface area contributed by atoms with Crippen LogP contribution in [0.4, 0.5) is 15.8 Å². The number of Topliss-reactive ketones (excluding diaryl/α,β-unsaturated/α-hetero) is 1. The van der Waals surface area contributed by atoms with Crippen LogP contribution < -0.4 is 10.6 Å². The normalized spacial score (nSPS) is 14.8. The topological polar surface area (TPSA) is 107 Å². The summed E-state index contributed by atoms with van der Waals surface area (Å²) in [6.45, 7) is 1.02. The molecule has 27 heavy (non-hydrogen) atoms. The van der Waals surface area contributed by atoms with E-state index in [1.807, 2.05) is 4.90 Å². The van der Waals surface area contributed by atoms with Gasteiger partial charge >= 0.3 is 0 Å². The summed E-state index contributed by atoms with van der Waals surface area (Å²) in [5.74, 6) is -1.35. The molecule has 3 rings (SSSR count). The standard InChI is InChI=1S/C19H18FN3O4/c20-14-3-1-12(2-4-14)18(24)13-7-9-22(10-8-13)17-6-5-15(23(26)27)11-16(17)19(21)25/h1-6,11,13H,7-10H2,(H2,21,25). The summed E-state index contributed by atoms with van der Waals surface area (Å²) >= 11 is 0. The summed E-state index contributed by atoms with van der Waals surface area (Å²) in [7, 11) is 0. The van der Waals surface area contributed by atoms with Crippen LogP contribution in [0.2, 0.25) is 0 Å². The maximum absolute atomic E-state index is 13.0. The molecule has 1 saturated heterocycles. The third kappa shape index (κ3) is 3.94. The van der Waals surface area contributed by atoms with Gasteiger partial charge in [0, 0.05) is 36.7 Å². The number of non-ortho nitro benzene ring substituents is 1. The summed E-state index contributed by atoms with van der Waals surface area (Å²) in [6.07, 6.45) is 1.12. The lowest BCUT2D eigenvalue weighted by molar-refractivity contribution is -0.384. The minimum absolute atomic E-state index is 0.0338. The Morgan fingerprint density at radius 2 is 1.74 bits per heavy atom. The Bertz CT molecular complexity index is 890. The van der Waals surface area contributed by atoms with Gasteiger partial charge in [-0.15, -0.1) is 0 Å². The number of nitro benzene ring substituents is 1. The van der Waals surface area contributed by atoms with Crippen molar-refractivity contribution in [1.82, 2.24) is 0 Å². The molecule has 0 aliphatic carbocycles. The summed E-state index contributed by atoms with van der Waals surface area (Å²) in [5.41, 5.74) is 6.27. The quantitative estimate of drug-likeness (QED) is 0.494. The number of amides is 1. The van der Waals surface area contributed by atoms with E-state index < -0.39 is 16.6 Å². The van der Waals surface area contributed by atoms with Gasteiger partial charge in [0.1, 0.15) is 5.82 Å². The van der Waals surface area contributed by atoms with E-state index in [-0.39, 0.29) is 23.0 Å². The molecule has 0 unspecified atom stereocenters. The van der Waals surface area contributed by atoms with E-state index in [2.05, 4.69) is 0 Å². The largest absolute Gasteiger partial charge is 0.371 e. The fourth-order valence-corrected chi connectivity index (χ4v) is 3.34. The van der Waals surface area contributed by atoms with Crippen molar-refractivity contribution >= 4 is 23.1 Å². The van der Waals surface area contributed by atoms with Gasteiger partial charge in [-0.05, 0) is 43.2 Å². The molecule has 1 heterocycles. The van der Waals surface area contributed by atoms with E-state index in [9.17, 15) is 24.1 Å². The van der Waals surface area contributed by atoms with E-state index >= 15 is 0 Å². The molecule has 140 valence electrons. The maximum atomic E-state index is 13.0. The summed E-state index contributed by atoms with van der Waals surface area (Å²) in [6, 6.07) is 9.50. The van der Waals surface area contributed by atoms with Crippen molar-refractivity contribution in [1.29, 1.82) is 0 Å². The second-order valence-corrected chi connectivity index (χ2v) is 6.46. The summed E-state index contributed by atoms with van der Waals surface area (Å²) in [4.78, 5) is 36.5. The van der Waals surface area contributed by atoms with E-state index in [0.717, 1.165) is 0 Å². The first-order chi connectivity index (χ1) is 12.9. The van der Waals surface area contributed by atoms with Crippen LogP contribution >= 0.6 is 0 Å². The smallest absolute Gasteiger partial charge is 0.270 e. The van der Waals surface area contributed by atoms with Gasteiger partial charge in [0.25, 0.3) is 11.6 Å². The lowest BCUT2D eigenvalue weighted by Crippen LogP contribution is -2.37. The van der Waals surface area contributed by atoms with Gasteiger partial charge in [-0.25, -0.2) is 4.39 Å². The molecule has 8 heteroatoms. The molecule has 1 aliphatic rings. The Balaban J connectivity index is 1.74. The van der Waals surface area contributed by atoms with Gasteiger partial charge in [0.05, 0.1) is 16.2 Å². The van der Waals surface area contributed by atoms with Crippen molar-refractivity contribution in [3.05, 3.63) is 69.5 Å². The minimum atomic E-state index is -0.738. The number of carbonyl (C=O) groups excluding carboxylic acids is 2. The van der Waals surface area contributed by atoms with Crippen molar-refractivity contribution in [3.8, 4) is 0 Å². The molecule has 2 aromatic carbocycles. The van der Waals surface area contributed by atoms with Crippen LogP contribution in [-0.2, 0) is 0 Å². The SMILES string of the molecule is NC(=O)c1cc([N+](=O)[O-])ccc1N1CCC(C(=O)c2ccc(F)cc2)CC1. The maximum Gasteiger partial charge on any atom is 0.270 e. The van der Waals surface area contributed by atoms with E-state index in [1.165, 1.54) is 42.5 Å². The highest BCUT2D eigenvalue weighted by molar-refractivity contribution is 6.00. The number of hydrogen-bond acceptors (Lipinski definition) is 5. The van der Waals surface area contributed by atoms with Gasteiger partial charge < -0.3 is 10.6 Å². The Morgan fingerprint density at radius 3 is 2.30 bits per heavy atom. The van der Waals surface area contributed by atoms with Crippen LogP contribution in [0.15, 0.2) is 42.5 Å². The van der Waals surface area contributed by atoms with Crippen molar-refractivity contribution in [2.24, 2.45) is 11.7 Å². The molecule has 0 atom stereocenters. The molecule has 2 aromatic rings. The average molecular weight is 371 g/mol. The number of piperidine rings is 1. The van der Waals surface area contributed by atoms with Crippen LogP contribution in [0, 0.1) is 21.8 Å². The highest BCUT2D eigenvalue weighted by Crippen LogP contribution is 2.30. The number of benzene rings is 2. The molecule has 0 radical (unpaired) electrons. The highest BCUT2D eigenvalue weighted by Gasteiger charge is 2.28. The van der Waals surface area contributed by atoms with Crippen molar-refractivity contribution < 1.29 is 18.9 Å². The first-order valence-electron chi connectivity index (χ1n) is 8.50. The second kappa shape index (κ2) is 7.53.